The van der Waals surface area contributed by atoms with E-state index in [9.17, 15) is 0 Å². The molecule has 0 fully saturated rings. The fourth-order valence-corrected chi connectivity index (χ4v) is 5.72. The van der Waals surface area contributed by atoms with Crippen LogP contribution in [0.15, 0.2) is 0 Å². The van der Waals surface area contributed by atoms with Crippen molar-refractivity contribution in [3.63, 3.8) is 0 Å². The Kier molecular flexibility index (Phi) is 6.86. The molecule has 0 aromatic carbocycles. The minimum Gasteiger partial charge on any atom is -0.365 e. The largest absolute Gasteiger partial charge is 0.365 e. The van der Waals surface area contributed by atoms with E-state index in [-0.39, 0.29) is 11.5 Å². The van der Waals surface area contributed by atoms with Gasteiger partial charge in [-0.15, -0.1) is 12.6 Å². The van der Waals surface area contributed by atoms with E-state index in [0.29, 0.717) is 5.54 Å². The molecule has 2 atom stereocenters. The van der Waals surface area contributed by atoms with Crippen LogP contribution in [0.1, 0.15) is 20.3 Å². The second kappa shape index (κ2) is 6.46. The zero-order chi connectivity index (χ0) is 11.4. The number of hydrogen-bond acceptors (Lipinski definition) is 3. The molecule has 0 saturated carbocycles. The Bertz CT molecular complexity index is 157. The van der Waals surface area contributed by atoms with E-state index in [1.165, 1.54) is 0 Å². The minimum absolute atomic E-state index is 0.0776. The lowest BCUT2D eigenvalue weighted by Crippen LogP contribution is -2.36. The molecule has 0 N–H and O–H groups in total. The van der Waals surface area contributed by atoms with E-state index in [1.807, 2.05) is 0 Å². The van der Waals surface area contributed by atoms with E-state index < -0.39 is 8.07 Å². The van der Waals surface area contributed by atoms with Crippen molar-refractivity contribution in [1.82, 2.24) is 0 Å². The van der Waals surface area contributed by atoms with E-state index in [0.717, 1.165) is 12.2 Å². The molecule has 0 aliphatic heterocycles. The lowest BCUT2D eigenvalue weighted by Gasteiger charge is -2.34. The average molecular weight is 253 g/mol. The number of ether oxygens (including phenoxy) is 1. The summed E-state index contributed by atoms with van der Waals surface area (Å²) in [6.07, 6.45) is 1.37. The Morgan fingerprint density at radius 3 is 2.00 bits per heavy atom. The second-order valence-electron chi connectivity index (χ2n) is 5.06. The molecule has 0 radical (unpaired) electrons. The van der Waals surface area contributed by atoms with Crippen molar-refractivity contribution < 1.29 is 4.74 Å². The maximum atomic E-state index is 5.76. The van der Waals surface area contributed by atoms with Gasteiger partial charge in [-0.05, 0) is 31.6 Å². The van der Waals surface area contributed by atoms with Crippen LogP contribution in [0.5, 0.6) is 0 Å². The van der Waals surface area contributed by atoms with Crippen LogP contribution in [-0.4, -0.2) is 25.4 Å². The standard InChI is InChI=1S/C10H24OS2Si/c1-8(2)11-10(13)9(6-7-12)14(3,4)5/h8-10,12-13H,6-7H2,1-5H3. The molecule has 0 aliphatic rings. The second-order valence-corrected chi connectivity index (χ2v) is 11.5. The third-order valence-electron chi connectivity index (χ3n) is 2.31. The van der Waals surface area contributed by atoms with Gasteiger partial charge in [0.05, 0.1) is 14.2 Å². The number of rotatable bonds is 6. The van der Waals surface area contributed by atoms with Gasteiger partial charge in [0.1, 0.15) is 5.44 Å². The Morgan fingerprint density at radius 2 is 1.71 bits per heavy atom. The van der Waals surface area contributed by atoms with Crippen molar-refractivity contribution >= 4 is 33.3 Å². The predicted octanol–water partition coefficient (Wildman–Crippen LogP) is 3.70. The van der Waals surface area contributed by atoms with Crippen LogP contribution in [0.2, 0.25) is 25.2 Å². The van der Waals surface area contributed by atoms with Gasteiger partial charge in [0.2, 0.25) is 0 Å². The number of hydrogen-bond donors (Lipinski definition) is 2. The van der Waals surface area contributed by atoms with E-state index in [1.54, 1.807) is 0 Å². The van der Waals surface area contributed by atoms with E-state index >= 15 is 0 Å². The summed E-state index contributed by atoms with van der Waals surface area (Å²) in [6.45, 7) is 11.2. The Labute approximate surface area is 101 Å². The van der Waals surface area contributed by atoms with Crippen LogP contribution in [0.25, 0.3) is 0 Å². The fraction of sp³-hybridized carbons (Fsp3) is 1.00. The van der Waals surface area contributed by atoms with Gasteiger partial charge in [-0.1, -0.05) is 19.6 Å². The fourth-order valence-electron chi connectivity index (χ4n) is 1.52. The molecule has 0 rings (SSSR count). The summed E-state index contributed by atoms with van der Waals surface area (Å²) in [5, 5.41) is 0. The molecule has 86 valence electrons. The summed E-state index contributed by atoms with van der Waals surface area (Å²) in [7, 11) is -1.19. The van der Waals surface area contributed by atoms with Gasteiger partial charge in [-0.3, -0.25) is 0 Å². The summed E-state index contributed by atoms with van der Waals surface area (Å²) in [5.41, 5.74) is 0.666. The zero-order valence-corrected chi connectivity index (χ0v) is 12.7. The topological polar surface area (TPSA) is 9.23 Å². The lowest BCUT2D eigenvalue weighted by molar-refractivity contribution is 0.0551. The molecule has 0 aromatic heterocycles. The van der Waals surface area contributed by atoms with Crippen molar-refractivity contribution in [2.24, 2.45) is 0 Å². The highest BCUT2D eigenvalue weighted by molar-refractivity contribution is 7.81. The predicted molar refractivity (Wildman–Crippen MR) is 74.6 cm³/mol. The quantitative estimate of drug-likeness (QED) is 0.416. The Morgan fingerprint density at radius 1 is 1.21 bits per heavy atom. The summed E-state index contributed by atoms with van der Waals surface area (Å²) in [6, 6.07) is 0. The van der Waals surface area contributed by atoms with Gasteiger partial charge in [-0.2, -0.15) is 12.6 Å². The van der Waals surface area contributed by atoms with E-state index in [2.05, 4.69) is 58.7 Å². The van der Waals surface area contributed by atoms with Crippen LogP contribution >= 0.6 is 25.3 Å². The molecule has 1 nitrogen and oxygen atoms in total. The Hall–Kier alpha value is 0.877. The highest BCUT2D eigenvalue weighted by Crippen LogP contribution is 2.33. The highest BCUT2D eigenvalue weighted by Gasteiger charge is 2.32. The average Bonchev–Trinajstić information content (AvgIpc) is 1.96. The van der Waals surface area contributed by atoms with Crippen molar-refractivity contribution in [3.8, 4) is 0 Å². The van der Waals surface area contributed by atoms with Gasteiger partial charge in [-0.25, -0.2) is 0 Å². The molecule has 14 heavy (non-hydrogen) atoms. The molecule has 0 amide bonds. The first kappa shape index (κ1) is 14.9. The minimum atomic E-state index is -1.19. The van der Waals surface area contributed by atoms with Crippen molar-refractivity contribution in [2.75, 3.05) is 5.75 Å². The maximum absolute atomic E-state index is 5.76. The number of thiol groups is 2. The lowest BCUT2D eigenvalue weighted by atomic mass is 10.3. The molecule has 0 saturated heterocycles. The smallest absolute Gasteiger partial charge is 0.101 e. The van der Waals surface area contributed by atoms with Crippen molar-refractivity contribution in [3.05, 3.63) is 0 Å². The monoisotopic (exact) mass is 252 g/mol. The zero-order valence-electron chi connectivity index (χ0n) is 9.95. The molecule has 2 unspecified atom stereocenters. The molecule has 0 heterocycles. The van der Waals surface area contributed by atoms with Crippen LogP contribution in [0.4, 0.5) is 0 Å². The van der Waals surface area contributed by atoms with Crippen LogP contribution < -0.4 is 0 Å². The summed E-state index contributed by atoms with van der Waals surface area (Å²) < 4.78 is 5.76. The molecule has 0 spiro atoms. The van der Waals surface area contributed by atoms with Crippen LogP contribution in [0.3, 0.4) is 0 Å². The van der Waals surface area contributed by atoms with Crippen LogP contribution in [0, 0.1) is 0 Å². The van der Waals surface area contributed by atoms with Gasteiger partial charge in [0, 0.05) is 0 Å². The van der Waals surface area contributed by atoms with E-state index in [4.69, 9.17) is 4.74 Å². The highest BCUT2D eigenvalue weighted by atomic mass is 32.1. The first-order valence-corrected chi connectivity index (χ1v) is 9.96. The summed E-state index contributed by atoms with van der Waals surface area (Å²) in [4.78, 5) is 0. The third-order valence-corrected chi connectivity index (χ3v) is 6.14. The Balaban J connectivity index is 4.33. The SMILES string of the molecule is CC(C)OC(S)C(CCS)[Si](C)(C)C. The van der Waals surface area contributed by atoms with Gasteiger partial charge in [0.15, 0.2) is 0 Å². The normalized spacial score (nSPS) is 17.1. The van der Waals surface area contributed by atoms with Crippen LogP contribution in [-0.2, 0) is 4.74 Å². The maximum Gasteiger partial charge on any atom is 0.101 e. The van der Waals surface area contributed by atoms with Gasteiger partial charge < -0.3 is 4.74 Å². The third kappa shape index (κ3) is 5.68. The first-order valence-electron chi connectivity index (χ1n) is 5.23. The summed E-state index contributed by atoms with van der Waals surface area (Å²) in [5.74, 6) is 0.924. The summed E-state index contributed by atoms with van der Waals surface area (Å²) >= 11 is 8.88. The molecular formula is C10H24OS2Si. The van der Waals surface area contributed by atoms with Crippen molar-refractivity contribution in [1.29, 1.82) is 0 Å². The molecular weight excluding hydrogens is 228 g/mol. The molecule has 0 aromatic rings. The first-order chi connectivity index (χ1) is 6.29. The molecule has 0 aliphatic carbocycles. The van der Waals surface area contributed by atoms with Crippen molar-refractivity contribution in [2.45, 2.75) is 57.0 Å². The molecule has 0 bridgehead atoms. The van der Waals surface area contributed by atoms with Gasteiger partial charge >= 0.3 is 0 Å². The van der Waals surface area contributed by atoms with Gasteiger partial charge in [0.25, 0.3) is 0 Å². The molecule has 4 heteroatoms.